The number of pyridine rings is 1. The van der Waals surface area contributed by atoms with Crippen molar-refractivity contribution in [1.82, 2.24) is 20.1 Å². The number of nitrogens with zero attached hydrogens (tertiary/aromatic N) is 2. The second kappa shape index (κ2) is 5.38. The molecule has 2 aromatic heterocycles. The molecule has 0 bridgehead atoms. The Labute approximate surface area is 131 Å². The third-order valence-corrected chi connectivity index (χ3v) is 4.00. The average Bonchev–Trinajstić information content (AvgIpc) is 2.88. The highest BCUT2D eigenvalue weighted by atomic mass is 16.4. The van der Waals surface area contributed by atoms with Crippen LogP contribution in [0.1, 0.15) is 43.4 Å². The predicted molar refractivity (Wildman–Crippen MR) is 80.5 cm³/mol. The lowest BCUT2D eigenvalue weighted by Crippen LogP contribution is -2.39. The van der Waals surface area contributed by atoms with Gasteiger partial charge in [0.25, 0.3) is 11.5 Å². The minimum atomic E-state index is -1.14. The van der Waals surface area contributed by atoms with Crippen LogP contribution in [0.15, 0.2) is 10.9 Å². The number of amides is 1. The number of nitrogens with one attached hydrogen (secondary N) is 2. The number of H-pyrrole nitrogens is 2. The monoisotopic (exact) mass is 316 g/mol. The second-order valence-corrected chi connectivity index (χ2v) is 5.65. The Morgan fingerprint density at radius 1 is 1.35 bits per heavy atom. The molecular formula is C15H16N4O4. The Morgan fingerprint density at radius 2 is 2.09 bits per heavy atom. The zero-order chi connectivity index (χ0) is 16.7. The Kier molecular flexibility index (Phi) is 3.51. The molecule has 8 nitrogen and oxygen atoms in total. The molecule has 0 saturated heterocycles. The molecule has 0 aromatic carbocycles. The van der Waals surface area contributed by atoms with Gasteiger partial charge in [0.05, 0.1) is 6.54 Å². The minimum absolute atomic E-state index is 0.0768. The number of aryl methyl sites for hydroxylation is 2. The average molecular weight is 316 g/mol. The summed E-state index contributed by atoms with van der Waals surface area (Å²) >= 11 is 0. The van der Waals surface area contributed by atoms with Crippen LogP contribution in [-0.2, 0) is 13.0 Å². The molecule has 3 rings (SSSR count). The summed E-state index contributed by atoms with van der Waals surface area (Å²) < 4.78 is 0. The molecule has 0 atom stereocenters. The Morgan fingerprint density at radius 3 is 2.74 bits per heavy atom. The summed E-state index contributed by atoms with van der Waals surface area (Å²) in [5.41, 5.74) is 2.11. The van der Waals surface area contributed by atoms with Gasteiger partial charge in [0.15, 0.2) is 5.69 Å². The van der Waals surface area contributed by atoms with Gasteiger partial charge in [-0.1, -0.05) is 0 Å². The summed E-state index contributed by atoms with van der Waals surface area (Å²) in [5, 5.41) is 15.6. The number of aromatic carboxylic acids is 1. The lowest BCUT2D eigenvalue weighted by atomic mass is 10.0. The molecule has 0 fully saturated rings. The molecule has 0 spiro atoms. The highest BCUT2D eigenvalue weighted by Gasteiger charge is 2.29. The smallest absolute Gasteiger partial charge is 0.356 e. The van der Waals surface area contributed by atoms with Crippen LogP contribution in [0.2, 0.25) is 0 Å². The van der Waals surface area contributed by atoms with Gasteiger partial charge in [0, 0.05) is 29.9 Å². The molecule has 0 saturated carbocycles. The number of fused-ring (bicyclic) bond motifs is 1. The van der Waals surface area contributed by atoms with E-state index in [9.17, 15) is 14.4 Å². The predicted octanol–water partition coefficient (Wildman–Crippen LogP) is 0.612. The van der Waals surface area contributed by atoms with Crippen LogP contribution in [0, 0.1) is 13.8 Å². The van der Waals surface area contributed by atoms with Gasteiger partial charge in [0.1, 0.15) is 5.56 Å². The third-order valence-electron chi connectivity index (χ3n) is 4.00. The van der Waals surface area contributed by atoms with Crippen molar-refractivity contribution < 1.29 is 14.7 Å². The van der Waals surface area contributed by atoms with Gasteiger partial charge in [-0.2, -0.15) is 5.10 Å². The van der Waals surface area contributed by atoms with E-state index in [4.69, 9.17) is 5.11 Å². The van der Waals surface area contributed by atoms with Gasteiger partial charge in [-0.15, -0.1) is 0 Å². The molecule has 8 heteroatoms. The maximum atomic E-state index is 12.7. The van der Waals surface area contributed by atoms with Gasteiger partial charge in [-0.05, 0) is 25.5 Å². The molecule has 1 aliphatic rings. The summed E-state index contributed by atoms with van der Waals surface area (Å²) in [4.78, 5) is 40.1. The largest absolute Gasteiger partial charge is 0.476 e. The highest BCUT2D eigenvalue weighted by Crippen LogP contribution is 2.22. The molecule has 2 aromatic rings. The summed E-state index contributed by atoms with van der Waals surface area (Å²) in [6.07, 6.45) is 0.476. The fraction of sp³-hybridized carbons (Fsp3) is 0.333. The van der Waals surface area contributed by atoms with Crippen LogP contribution in [0.5, 0.6) is 0 Å². The number of hydrogen-bond donors (Lipinski definition) is 3. The fourth-order valence-corrected chi connectivity index (χ4v) is 2.92. The van der Waals surface area contributed by atoms with Gasteiger partial charge in [0.2, 0.25) is 0 Å². The number of carboxylic acids is 1. The molecule has 1 aliphatic heterocycles. The first-order chi connectivity index (χ1) is 10.9. The lowest BCUT2D eigenvalue weighted by Gasteiger charge is -2.27. The Balaban J connectivity index is 1.95. The molecule has 3 N–H and O–H groups in total. The van der Waals surface area contributed by atoms with E-state index < -0.39 is 17.4 Å². The standard InChI is InChI=1S/C15H16N4O4/c1-7-5-8(2)16-13(20)11(7)14(21)19-4-3-10-9(6-19)12(15(22)23)18-17-10/h5H,3-4,6H2,1-2H3,(H,16,20)(H,17,18)(H,22,23). The maximum absolute atomic E-state index is 12.7. The molecule has 1 amide bonds. The quantitative estimate of drug-likeness (QED) is 0.750. The van der Waals surface area contributed by atoms with E-state index in [1.165, 1.54) is 4.90 Å². The van der Waals surface area contributed by atoms with Crippen molar-refractivity contribution in [2.24, 2.45) is 0 Å². The van der Waals surface area contributed by atoms with Gasteiger partial charge >= 0.3 is 5.97 Å². The van der Waals surface area contributed by atoms with Gasteiger partial charge < -0.3 is 15.0 Å². The summed E-state index contributed by atoms with van der Waals surface area (Å²) in [7, 11) is 0. The van der Waals surface area contributed by atoms with E-state index in [0.717, 1.165) is 5.69 Å². The van der Waals surface area contributed by atoms with Crippen molar-refractivity contribution in [2.45, 2.75) is 26.8 Å². The van der Waals surface area contributed by atoms with E-state index in [1.807, 2.05) is 0 Å². The van der Waals surface area contributed by atoms with E-state index in [0.29, 0.717) is 29.8 Å². The summed E-state index contributed by atoms with van der Waals surface area (Å²) in [5.74, 6) is -1.53. The number of aromatic nitrogens is 3. The third kappa shape index (κ3) is 2.52. The van der Waals surface area contributed by atoms with Crippen LogP contribution in [0.4, 0.5) is 0 Å². The van der Waals surface area contributed by atoms with Crippen molar-refractivity contribution in [3.63, 3.8) is 0 Å². The Bertz CT molecular complexity index is 865. The zero-order valence-electron chi connectivity index (χ0n) is 12.8. The van der Waals surface area contributed by atoms with Crippen molar-refractivity contribution in [3.05, 3.63) is 50.2 Å². The SMILES string of the molecule is Cc1cc(C)c(C(=O)N2CCc3[nH]nc(C(=O)O)c3C2)c(=O)[nH]1. The van der Waals surface area contributed by atoms with Gasteiger partial charge in [-0.25, -0.2) is 4.79 Å². The van der Waals surface area contributed by atoms with Gasteiger partial charge in [-0.3, -0.25) is 14.7 Å². The van der Waals surface area contributed by atoms with Crippen LogP contribution in [0.25, 0.3) is 0 Å². The molecule has 3 heterocycles. The van der Waals surface area contributed by atoms with Crippen LogP contribution >= 0.6 is 0 Å². The number of hydrogen-bond acceptors (Lipinski definition) is 4. The molecule has 23 heavy (non-hydrogen) atoms. The lowest BCUT2D eigenvalue weighted by molar-refractivity contribution is 0.0673. The number of aromatic amines is 2. The van der Waals surface area contributed by atoms with Crippen LogP contribution in [-0.4, -0.2) is 43.6 Å². The zero-order valence-corrected chi connectivity index (χ0v) is 12.8. The van der Waals surface area contributed by atoms with E-state index in [-0.39, 0.29) is 17.8 Å². The fourth-order valence-electron chi connectivity index (χ4n) is 2.92. The van der Waals surface area contributed by atoms with Crippen LogP contribution < -0.4 is 5.56 Å². The highest BCUT2D eigenvalue weighted by molar-refractivity contribution is 5.95. The normalized spacial score (nSPS) is 13.7. The first kappa shape index (κ1) is 15.0. The first-order valence-electron chi connectivity index (χ1n) is 7.17. The molecule has 120 valence electrons. The molecule has 0 radical (unpaired) electrons. The number of carboxylic acid groups (broad SMARTS) is 1. The van der Waals surface area contributed by atoms with E-state index in [1.54, 1.807) is 19.9 Å². The van der Waals surface area contributed by atoms with Crippen molar-refractivity contribution >= 4 is 11.9 Å². The van der Waals surface area contributed by atoms with Crippen LogP contribution in [0.3, 0.4) is 0 Å². The Hall–Kier alpha value is -2.90. The minimum Gasteiger partial charge on any atom is -0.476 e. The molecule has 0 unspecified atom stereocenters. The number of carbonyl (C=O) groups excluding carboxylic acids is 1. The second-order valence-electron chi connectivity index (χ2n) is 5.65. The van der Waals surface area contributed by atoms with E-state index in [2.05, 4.69) is 15.2 Å². The summed E-state index contributed by atoms with van der Waals surface area (Å²) in [6.45, 7) is 3.99. The molecule has 0 aliphatic carbocycles. The maximum Gasteiger partial charge on any atom is 0.356 e. The van der Waals surface area contributed by atoms with Crippen molar-refractivity contribution in [3.8, 4) is 0 Å². The number of rotatable bonds is 2. The van der Waals surface area contributed by atoms with Crippen molar-refractivity contribution in [1.29, 1.82) is 0 Å². The first-order valence-corrected chi connectivity index (χ1v) is 7.17. The number of carbonyl (C=O) groups is 2. The van der Waals surface area contributed by atoms with Crippen molar-refractivity contribution in [2.75, 3.05) is 6.54 Å². The van der Waals surface area contributed by atoms with E-state index >= 15 is 0 Å². The summed E-state index contributed by atoms with van der Waals surface area (Å²) in [6, 6.07) is 1.74. The molecular weight excluding hydrogens is 300 g/mol. The topological polar surface area (TPSA) is 119 Å².